The summed E-state index contributed by atoms with van der Waals surface area (Å²) in [6, 6.07) is 16.0. The van der Waals surface area contributed by atoms with Crippen molar-refractivity contribution >= 4 is 45.3 Å². The predicted molar refractivity (Wildman–Crippen MR) is 132 cm³/mol. The molecule has 0 saturated carbocycles. The first-order valence-electron chi connectivity index (χ1n) is 10.1. The van der Waals surface area contributed by atoms with Crippen LogP contribution in [0.5, 0.6) is 5.75 Å². The molecular weight excluding hydrogens is 504 g/mol. The summed E-state index contributed by atoms with van der Waals surface area (Å²) in [4.78, 5) is 34.8. The number of carbonyl (C=O) groups excluding carboxylic acids is 2. The Morgan fingerprint density at radius 3 is 2.56 bits per heavy atom. The number of amides is 2. The summed E-state index contributed by atoms with van der Waals surface area (Å²) in [5.41, 5.74) is 5.77. The first kappa shape index (κ1) is 24.6. The molecule has 3 aromatic rings. The second-order valence-corrected chi connectivity index (χ2v) is 8.19. The summed E-state index contributed by atoms with van der Waals surface area (Å²) in [7, 11) is 0. The monoisotopic (exact) mass is 524 g/mol. The lowest BCUT2D eigenvalue weighted by Gasteiger charge is -2.12. The Balaban J connectivity index is 1.63. The van der Waals surface area contributed by atoms with E-state index in [9.17, 15) is 19.7 Å². The molecule has 3 aromatic carbocycles. The van der Waals surface area contributed by atoms with E-state index in [0.717, 1.165) is 21.3 Å². The van der Waals surface area contributed by atoms with Gasteiger partial charge in [0.05, 0.1) is 11.1 Å². The first-order chi connectivity index (χ1) is 16.2. The molecule has 10 heteroatoms. The molecule has 34 heavy (non-hydrogen) atoms. The number of benzene rings is 3. The van der Waals surface area contributed by atoms with Crippen molar-refractivity contribution in [1.29, 1.82) is 0 Å². The molecule has 0 fully saturated rings. The van der Waals surface area contributed by atoms with Crippen molar-refractivity contribution in [2.24, 2.45) is 5.10 Å². The van der Waals surface area contributed by atoms with Gasteiger partial charge in [-0.2, -0.15) is 5.10 Å². The van der Waals surface area contributed by atoms with E-state index in [1.54, 1.807) is 18.2 Å². The summed E-state index contributed by atoms with van der Waals surface area (Å²) in [5, 5.41) is 17.5. The maximum atomic E-state index is 12.4. The van der Waals surface area contributed by atoms with Crippen LogP contribution in [0.1, 0.15) is 27.0 Å². The number of rotatable bonds is 8. The van der Waals surface area contributed by atoms with Gasteiger partial charge in [-0.25, -0.2) is 5.43 Å². The fourth-order valence-corrected chi connectivity index (χ4v) is 3.31. The lowest BCUT2D eigenvalue weighted by Crippen LogP contribution is -2.21. The molecule has 0 spiro atoms. The van der Waals surface area contributed by atoms with Gasteiger partial charge in [0.1, 0.15) is 5.75 Å². The van der Waals surface area contributed by atoms with Crippen LogP contribution in [0.25, 0.3) is 0 Å². The van der Waals surface area contributed by atoms with Crippen LogP contribution in [-0.2, 0) is 4.79 Å². The molecule has 0 aliphatic rings. The summed E-state index contributed by atoms with van der Waals surface area (Å²) < 4.78 is 6.43. The van der Waals surface area contributed by atoms with Gasteiger partial charge in [-0.15, -0.1) is 0 Å². The molecule has 0 unspecified atom stereocenters. The van der Waals surface area contributed by atoms with Crippen LogP contribution in [0.2, 0.25) is 0 Å². The predicted octanol–water partition coefficient (Wildman–Crippen LogP) is 4.76. The highest BCUT2D eigenvalue weighted by molar-refractivity contribution is 9.10. The van der Waals surface area contributed by atoms with Gasteiger partial charge in [0, 0.05) is 33.4 Å². The SMILES string of the molecule is Cc1cccc(NC(=O)COc2ccc(Br)cc2/C=N/NC(=O)c2ccc([N+](=O)[O-])cc2)c1C. The second-order valence-electron chi connectivity index (χ2n) is 7.27. The normalized spacial score (nSPS) is 10.7. The highest BCUT2D eigenvalue weighted by Gasteiger charge is 2.11. The Labute approximate surface area is 204 Å². The van der Waals surface area contributed by atoms with Crippen LogP contribution in [0.4, 0.5) is 11.4 Å². The van der Waals surface area contributed by atoms with Crippen LogP contribution < -0.4 is 15.5 Å². The van der Waals surface area contributed by atoms with Crippen molar-refractivity contribution in [2.45, 2.75) is 13.8 Å². The molecule has 0 aliphatic carbocycles. The number of hydrogen-bond donors (Lipinski definition) is 2. The molecule has 0 radical (unpaired) electrons. The molecule has 9 nitrogen and oxygen atoms in total. The molecule has 2 amide bonds. The zero-order valence-electron chi connectivity index (χ0n) is 18.4. The first-order valence-corrected chi connectivity index (χ1v) is 10.9. The largest absolute Gasteiger partial charge is 0.483 e. The van der Waals surface area contributed by atoms with E-state index >= 15 is 0 Å². The van der Waals surface area contributed by atoms with E-state index in [1.807, 2.05) is 32.0 Å². The van der Waals surface area contributed by atoms with E-state index in [1.165, 1.54) is 30.5 Å². The van der Waals surface area contributed by atoms with Crippen molar-refractivity contribution in [3.63, 3.8) is 0 Å². The minimum atomic E-state index is -0.545. The number of ether oxygens (including phenoxy) is 1. The van der Waals surface area contributed by atoms with Crippen molar-refractivity contribution < 1.29 is 19.2 Å². The van der Waals surface area contributed by atoms with Crippen LogP contribution in [-0.4, -0.2) is 29.6 Å². The number of nitrogens with zero attached hydrogens (tertiary/aromatic N) is 2. The van der Waals surface area contributed by atoms with Crippen LogP contribution >= 0.6 is 15.9 Å². The quantitative estimate of drug-likeness (QED) is 0.250. The average molecular weight is 525 g/mol. The fourth-order valence-electron chi connectivity index (χ4n) is 2.93. The van der Waals surface area contributed by atoms with E-state index in [-0.39, 0.29) is 23.8 Å². The van der Waals surface area contributed by atoms with E-state index in [0.29, 0.717) is 11.3 Å². The van der Waals surface area contributed by atoms with Crippen molar-refractivity contribution in [2.75, 3.05) is 11.9 Å². The summed E-state index contributed by atoms with van der Waals surface area (Å²) in [6.45, 7) is 3.68. The van der Waals surface area contributed by atoms with Gasteiger partial charge < -0.3 is 10.1 Å². The van der Waals surface area contributed by atoms with E-state index < -0.39 is 10.8 Å². The van der Waals surface area contributed by atoms with Gasteiger partial charge in [-0.05, 0) is 61.4 Å². The number of non-ortho nitro benzene ring substituents is 1. The third-order valence-electron chi connectivity index (χ3n) is 4.92. The molecule has 0 bridgehead atoms. The number of aryl methyl sites for hydroxylation is 1. The van der Waals surface area contributed by atoms with Crippen molar-refractivity contribution in [3.8, 4) is 5.75 Å². The lowest BCUT2D eigenvalue weighted by molar-refractivity contribution is -0.384. The minimum Gasteiger partial charge on any atom is -0.483 e. The maximum absolute atomic E-state index is 12.4. The smallest absolute Gasteiger partial charge is 0.271 e. The topological polar surface area (TPSA) is 123 Å². The maximum Gasteiger partial charge on any atom is 0.271 e. The number of carbonyl (C=O) groups is 2. The van der Waals surface area contributed by atoms with Crippen LogP contribution in [0.15, 0.2) is 70.2 Å². The molecule has 0 saturated heterocycles. The molecule has 3 rings (SSSR count). The van der Waals surface area contributed by atoms with Crippen LogP contribution in [0.3, 0.4) is 0 Å². The molecule has 0 aliphatic heterocycles. The third-order valence-corrected chi connectivity index (χ3v) is 5.41. The molecule has 2 N–H and O–H groups in total. The summed E-state index contributed by atoms with van der Waals surface area (Å²) in [6.07, 6.45) is 1.38. The number of hydrazone groups is 1. The number of halogens is 1. The Morgan fingerprint density at radius 2 is 1.85 bits per heavy atom. The number of nitro benzene ring substituents is 1. The molecule has 0 aromatic heterocycles. The minimum absolute atomic E-state index is 0.113. The van der Waals surface area contributed by atoms with Gasteiger partial charge in [-0.1, -0.05) is 28.1 Å². The third kappa shape index (κ3) is 6.48. The fraction of sp³-hybridized carbons (Fsp3) is 0.125. The standard InChI is InChI=1S/C24H21BrN4O5/c1-15-4-3-5-21(16(15)2)27-23(30)14-34-22-11-8-19(25)12-18(22)13-26-28-24(31)17-6-9-20(10-7-17)29(32)33/h3-13H,14H2,1-2H3,(H,27,30)(H,28,31)/b26-13+. The van der Waals surface area contributed by atoms with E-state index in [2.05, 4.69) is 31.8 Å². The Kier molecular flexibility index (Phi) is 8.10. The second kappa shape index (κ2) is 11.2. The Hall–Kier alpha value is -4.05. The Bertz CT molecular complexity index is 1260. The zero-order chi connectivity index (χ0) is 24.7. The van der Waals surface area contributed by atoms with Crippen molar-refractivity contribution in [3.05, 3.63) is 97.5 Å². The molecule has 0 atom stereocenters. The summed E-state index contributed by atoms with van der Waals surface area (Å²) >= 11 is 3.37. The lowest BCUT2D eigenvalue weighted by atomic mass is 10.1. The van der Waals surface area contributed by atoms with Gasteiger partial charge in [0.25, 0.3) is 17.5 Å². The van der Waals surface area contributed by atoms with Crippen LogP contribution in [0, 0.1) is 24.0 Å². The zero-order valence-corrected chi connectivity index (χ0v) is 20.0. The highest BCUT2D eigenvalue weighted by Crippen LogP contribution is 2.22. The molecule has 174 valence electrons. The molecule has 0 heterocycles. The number of nitrogens with one attached hydrogen (secondary N) is 2. The molecular formula is C24H21BrN4O5. The van der Waals surface area contributed by atoms with Gasteiger partial charge >= 0.3 is 0 Å². The number of anilines is 1. The average Bonchev–Trinajstić information content (AvgIpc) is 2.81. The van der Waals surface area contributed by atoms with E-state index in [4.69, 9.17) is 4.74 Å². The van der Waals surface area contributed by atoms with Gasteiger partial charge in [-0.3, -0.25) is 19.7 Å². The highest BCUT2D eigenvalue weighted by atomic mass is 79.9. The van der Waals surface area contributed by atoms with Crippen molar-refractivity contribution in [1.82, 2.24) is 5.43 Å². The van der Waals surface area contributed by atoms with Gasteiger partial charge in [0.15, 0.2) is 6.61 Å². The number of hydrogen-bond acceptors (Lipinski definition) is 6. The number of nitro groups is 1. The summed E-state index contributed by atoms with van der Waals surface area (Å²) in [5.74, 6) is -0.449. The Morgan fingerprint density at radius 1 is 1.12 bits per heavy atom. The van der Waals surface area contributed by atoms with Gasteiger partial charge in [0.2, 0.25) is 0 Å².